The van der Waals surface area contributed by atoms with E-state index in [1.807, 2.05) is 0 Å². The number of nitrogens with zero attached hydrogens (tertiary/aromatic N) is 1. The molecule has 1 atom stereocenters. The minimum atomic E-state index is -0.524. The summed E-state index contributed by atoms with van der Waals surface area (Å²) in [4.78, 5) is 25.4. The Labute approximate surface area is 125 Å². The lowest BCUT2D eigenvalue weighted by molar-refractivity contribution is 0.0396. The number of nitrogens with two attached hydrogens (primary N) is 1. The number of primary amides is 1. The molecular formula is C16H22N2O3. The Morgan fingerprint density at radius 1 is 1.38 bits per heavy atom. The Hall–Kier alpha value is -1.88. The van der Waals surface area contributed by atoms with Gasteiger partial charge in [-0.05, 0) is 30.5 Å². The quantitative estimate of drug-likeness (QED) is 0.896. The second-order valence-corrected chi connectivity index (χ2v) is 5.83. The molecule has 1 aromatic carbocycles. The van der Waals surface area contributed by atoms with Crippen molar-refractivity contribution in [1.29, 1.82) is 0 Å². The van der Waals surface area contributed by atoms with Gasteiger partial charge in [-0.1, -0.05) is 19.9 Å². The van der Waals surface area contributed by atoms with Crippen LogP contribution in [-0.4, -0.2) is 42.5 Å². The topological polar surface area (TPSA) is 72.6 Å². The maximum Gasteiger partial charge on any atom is 0.253 e. The van der Waals surface area contributed by atoms with Crippen molar-refractivity contribution in [3.63, 3.8) is 0 Å². The highest BCUT2D eigenvalue weighted by molar-refractivity contribution is 5.99. The van der Waals surface area contributed by atoms with E-state index in [0.29, 0.717) is 36.7 Å². The fraction of sp³-hybridized carbons (Fsp3) is 0.500. The Kier molecular flexibility index (Phi) is 4.96. The van der Waals surface area contributed by atoms with Gasteiger partial charge in [0.1, 0.15) is 0 Å². The maximum absolute atomic E-state index is 12.4. The lowest BCUT2D eigenvalue weighted by Gasteiger charge is -2.17. The van der Waals surface area contributed by atoms with Crippen LogP contribution in [0.4, 0.5) is 0 Å². The van der Waals surface area contributed by atoms with Gasteiger partial charge in [-0.3, -0.25) is 9.59 Å². The molecule has 2 amide bonds. The van der Waals surface area contributed by atoms with Crippen LogP contribution >= 0.6 is 0 Å². The Balaban J connectivity index is 1.98. The first-order valence-electron chi connectivity index (χ1n) is 7.28. The second-order valence-electron chi connectivity index (χ2n) is 5.83. The van der Waals surface area contributed by atoms with Gasteiger partial charge in [0.15, 0.2) is 0 Å². The summed E-state index contributed by atoms with van der Waals surface area (Å²) in [5.41, 5.74) is 6.09. The Bertz CT molecular complexity index is 528. The van der Waals surface area contributed by atoms with Gasteiger partial charge in [-0.15, -0.1) is 0 Å². The molecule has 1 unspecified atom stereocenters. The van der Waals surface area contributed by atoms with Gasteiger partial charge in [0.25, 0.3) is 5.91 Å². The van der Waals surface area contributed by atoms with E-state index in [9.17, 15) is 9.59 Å². The average Bonchev–Trinajstić information content (AvgIpc) is 2.93. The van der Waals surface area contributed by atoms with E-state index in [1.54, 1.807) is 29.2 Å². The van der Waals surface area contributed by atoms with Crippen molar-refractivity contribution < 1.29 is 14.3 Å². The molecule has 5 heteroatoms. The molecule has 0 radical (unpaired) electrons. The predicted octanol–water partition coefficient (Wildman–Crippen LogP) is 1.67. The van der Waals surface area contributed by atoms with Crippen molar-refractivity contribution in [2.24, 2.45) is 11.7 Å². The van der Waals surface area contributed by atoms with E-state index < -0.39 is 5.91 Å². The van der Waals surface area contributed by atoms with Gasteiger partial charge >= 0.3 is 0 Å². The summed E-state index contributed by atoms with van der Waals surface area (Å²) >= 11 is 0. The minimum absolute atomic E-state index is 0.0752. The van der Waals surface area contributed by atoms with Crippen molar-refractivity contribution in [1.82, 2.24) is 4.90 Å². The average molecular weight is 290 g/mol. The third-order valence-corrected chi connectivity index (χ3v) is 3.49. The van der Waals surface area contributed by atoms with Crippen LogP contribution in [-0.2, 0) is 4.74 Å². The van der Waals surface area contributed by atoms with E-state index in [2.05, 4.69) is 13.8 Å². The van der Waals surface area contributed by atoms with Crippen molar-refractivity contribution in [2.45, 2.75) is 26.4 Å². The lowest BCUT2D eigenvalue weighted by atomic mass is 10.1. The van der Waals surface area contributed by atoms with Crippen molar-refractivity contribution in [2.75, 3.05) is 19.7 Å². The number of hydrogen-bond donors (Lipinski definition) is 1. The summed E-state index contributed by atoms with van der Waals surface area (Å²) < 4.78 is 5.77. The maximum atomic E-state index is 12.4. The zero-order chi connectivity index (χ0) is 15.4. The van der Waals surface area contributed by atoms with E-state index >= 15 is 0 Å². The van der Waals surface area contributed by atoms with Crippen molar-refractivity contribution in [3.05, 3.63) is 35.4 Å². The first kappa shape index (κ1) is 15.5. The summed E-state index contributed by atoms with van der Waals surface area (Å²) in [5.74, 6) is -0.111. The Morgan fingerprint density at radius 3 is 2.76 bits per heavy atom. The standard InChI is InChI=1S/C16H22N2O3/c1-11(2)10-21-14-6-7-18(9-14)16(20)13-5-3-4-12(8-13)15(17)19/h3-5,8,11,14H,6-7,9-10H2,1-2H3,(H2,17,19). The molecule has 114 valence electrons. The number of likely N-dealkylation sites (tertiary alicyclic amines) is 1. The summed E-state index contributed by atoms with van der Waals surface area (Å²) in [7, 11) is 0. The summed E-state index contributed by atoms with van der Waals surface area (Å²) in [6.45, 7) is 6.21. The first-order valence-corrected chi connectivity index (χ1v) is 7.28. The number of carbonyl (C=O) groups excluding carboxylic acids is 2. The predicted molar refractivity (Wildman–Crippen MR) is 80.1 cm³/mol. The van der Waals surface area contributed by atoms with Crippen molar-refractivity contribution in [3.8, 4) is 0 Å². The molecule has 21 heavy (non-hydrogen) atoms. The van der Waals surface area contributed by atoms with Crippen molar-refractivity contribution >= 4 is 11.8 Å². The molecule has 1 heterocycles. The Morgan fingerprint density at radius 2 is 2.10 bits per heavy atom. The molecule has 5 nitrogen and oxygen atoms in total. The largest absolute Gasteiger partial charge is 0.376 e. The molecule has 0 aromatic heterocycles. The van der Waals surface area contributed by atoms with Crippen LogP contribution < -0.4 is 5.73 Å². The van der Waals surface area contributed by atoms with Gasteiger partial charge in [0, 0.05) is 30.8 Å². The fourth-order valence-electron chi connectivity index (χ4n) is 2.37. The highest BCUT2D eigenvalue weighted by Gasteiger charge is 2.27. The molecular weight excluding hydrogens is 268 g/mol. The van der Waals surface area contributed by atoms with Crippen LogP contribution in [0.3, 0.4) is 0 Å². The zero-order valence-corrected chi connectivity index (χ0v) is 12.5. The van der Waals surface area contributed by atoms with E-state index in [-0.39, 0.29) is 12.0 Å². The summed E-state index contributed by atoms with van der Waals surface area (Å²) in [5, 5.41) is 0. The van der Waals surface area contributed by atoms with E-state index in [4.69, 9.17) is 10.5 Å². The van der Waals surface area contributed by atoms with Crippen LogP contribution in [0.2, 0.25) is 0 Å². The molecule has 1 aliphatic rings. The SMILES string of the molecule is CC(C)COC1CCN(C(=O)c2cccc(C(N)=O)c2)C1. The molecule has 1 saturated heterocycles. The zero-order valence-electron chi connectivity index (χ0n) is 12.5. The van der Waals surface area contributed by atoms with Gasteiger partial charge in [-0.2, -0.15) is 0 Å². The molecule has 0 aliphatic carbocycles. The molecule has 1 aromatic rings. The van der Waals surface area contributed by atoms with Gasteiger partial charge in [-0.25, -0.2) is 0 Å². The normalized spacial score (nSPS) is 18.2. The second kappa shape index (κ2) is 6.72. The summed E-state index contributed by atoms with van der Waals surface area (Å²) in [6.07, 6.45) is 0.962. The van der Waals surface area contributed by atoms with Crippen LogP contribution in [0, 0.1) is 5.92 Å². The summed E-state index contributed by atoms with van der Waals surface area (Å²) in [6, 6.07) is 6.54. The van der Waals surface area contributed by atoms with Crippen LogP contribution in [0.15, 0.2) is 24.3 Å². The highest BCUT2D eigenvalue weighted by atomic mass is 16.5. The monoisotopic (exact) mass is 290 g/mol. The lowest BCUT2D eigenvalue weighted by Crippen LogP contribution is -2.30. The molecule has 0 saturated carbocycles. The van der Waals surface area contributed by atoms with Crippen LogP contribution in [0.25, 0.3) is 0 Å². The molecule has 0 bridgehead atoms. The third kappa shape index (κ3) is 4.04. The molecule has 1 fully saturated rings. The molecule has 1 aliphatic heterocycles. The fourth-order valence-corrected chi connectivity index (χ4v) is 2.37. The molecule has 2 N–H and O–H groups in total. The first-order chi connectivity index (χ1) is 9.97. The van der Waals surface area contributed by atoms with Gasteiger partial charge < -0.3 is 15.4 Å². The highest BCUT2D eigenvalue weighted by Crippen LogP contribution is 2.17. The molecule has 0 spiro atoms. The van der Waals surface area contributed by atoms with Gasteiger partial charge in [0.05, 0.1) is 6.10 Å². The smallest absolute Gasteiger partial charge is 0.253 e. The molecule has 2 rings (SSSR count). The third-order valence-electron chi connectivity index (χ3n) is 3.49. The van der Waals surface area contributed by atoms with E-state index in [0.717, 1.165) is 6.42 Å². The number of ether oxygens (including phenoxy) is 1. The number of carbonyl (C=O) groups is 2. The number of benzene rings is 1. The van der Waals surface area contributed by atoms with Gasteiger partial charge in [0.2, 0.25) is 5.91 Å². The number of rotatable bonds is 5. The van der Waals surface area contributed by atoms with E-state index in [1.165, 1.54) is 0 Å². The van der Waals surface area contributed by atoms with Crippen LogP contribution in [0.5, 0.6) is 0 Å². The number of hydrogen-bond acceptors (Lipinski definition) is 3. The minimum Gasteiger partial charge on any atom is -0.376 e. The number of amides is 2. The van der Waals surface area contributed by atoms with Crippen LogP contribution in [0.1, 0.15) is 41.0 Å².